The minimum Gasteiger partial charge on any atom is -0.508 e. The van der Waals surface area contributed by atoms with Crippen LogP contribution in [0.1, 0.15) is 36.8 Å². The van der Waals surface area contributed by atoms with Gasteiger partial charge in [-0.05, 0) is 80.6 Å². The number of benzene rings is 2. The van der Waals surface area contributed by atoms with E-state index >= 15 is 0 Å². The van der Waals surface area contributed by atoms with Crippen LogP contribution in [0, 0.1) is 5.92 Å². The first-order valence-electron chi connectivity index (χ1n) is 10.6. The molecule has 0 aromatic heterocycles. The smallest absolute Gasteiger partial charge is 0.224 e. The number of fused-ring (bicyclic) bond motifs is 1. The number of amides is 1. The van der Waals surface area contributed by atoms with Gasteiger partial charge in [0.1, 0.15) is 5.75 Å². The van der Waals surface area contributed by atoms with Crippen LogP contribution in [0.3, 0.4) is 0 Å². The Morgan fingerprint density at radius 2 is 2.03 bits per heavy atom. The topological polar surface area (TPSA) is 52.6 Å². The maximum absolute atomic E-state index is 12.7. The van der Waals surface area contributed by atoms with Gasteiger partial charge in [0.05, 0.1) is 16.5 Å². The second kappa shape index (κ2) is 8.78. The average Bonchev–Trinajstić information content (AvgIpc) is 2.71. The molecule has 1 aliphatic heterocycles. The third kappa shape index (κ3) is 4.46. The number of phenols is 1. The summed E-state index contributed by atoms with van der Waals surface area (Å²) in [6, 6.07) is 13.2. The SMILES string of the molecule is CN1CC[C@@]2(c3cccc(O)c3)C[C@@H](NC(=O)Cc3ccc(Cl)c(Cl)c3)CC[C@@H]2C1. The Kier molecular flexibility index (Phi) is 6.29. The van der Waals surface area contributed by atoms with Crippen molar-refractivity contribution in [3.05, 3.63) is 63.6 Å². The van der Waals surface area contributed by atoms with Gasteiger partial charge in [0.25, 0.3) is 0 Å². The molecule has 3 atom stereocenters. The van der Waals surface area contributed by atoms with Crippen molar-refractivity contribution >= 4 is 29.1 Å². The number of phenolic OH excluding ortho intramolecular Hbond substituents is 1. The summed E-state index contributed by atoms with van der Waals surface area (Å²) in [6.07, 6.45) is 4.28. The van der Waals surface area contributed by atoms with E-state index in [1.54, 1.807) is 18.2 Å². The van der Waals surface area contributed by atoms with E-state index in [9.17, 15) is 9.90 Å². The lowest BCUT2D eigenvalue weighted by Crippen LogP contribution is -2.55. The van der Waals surface area contributed by atoms with Crippen molar-refractivity contribution in [2.45, 2.75) is 43.6 Å². The molecule has 0 bridgehead atoms. The maximum Gasteiger partial charge on any atom is 0.224 e. The van der Waals surface area contributed by atoms with Gasteiger partial charge in [-0.1, -0.05) is 41.4 Å². The third-order valence-corrected chi connectivity index (χ3v) is 7.60. The number of carbonyl (C=O) groups excluding carboxylic acids is 1. The molecule has 1 saturated carbocycles. The van der Waals surface area contributed by atoms with Gasteiger partial charge in [-0.2, -0.15) is 0 Å². The van der Waals surface area contributed by atoms with Crippen molar-refractivity contribution in [2.24, 2.45) is 5.92 Å². The first kappa shape index (κ1) is 21.5. The summed E-state index contributed by atoms with van der Waals surface area (Å²) in [5.74, 6) is 0.849. The van der Waals surface area contributed by atoms with Crippen LogP contribution < -0.4 is 5.32 Å². The van der Waals surface area contributed by atoms with Crippen molar-refractivity contribution in [3.63, 3.8) is 0 Å². The zero-order valence-corrected chi connectivity index (χ0v) is 18.7. The van der Waals surface area contributed by atoms with Crippen LogP contribution in [-0.4, -0.2) is 42.1 Å². The van der Waals surface area contributed by atoms with E-state index in [1.165, 1.54) is 5.56 Å². The molecule has 30 heavy (non-hydrogen) atoms. The summed E-state index contributed by atoms with van der Waals surface area (Å²) >= 11 is 12.1. The van der Waals surface area contributed by atoms with Crippen LogP contribution in [-0.2, 0) is 16.6 Å². The fraction of sp³-hybridized carbons (Fsp3) is 0.458. The fourth-order valence-corrected chi connectivity index (χ4v) is 5.69. The molecule has 4 nitrogen and oxygen atoms in total. The Bertz CT molecular complexity index is 935. The number of piperidine rings is 1. The van der Waals surface area contributed by atoms with E-state index in [1.807, 2.05) is 18.2 Å². The molecule has 2 aromatic carbocycles. The molecule has 2 fully saturated rings. The largest absolute Gasteiger partial charge is 0.508 e. The van der Waals surface area contributed by atoms with E-state index in [4.69, 9.17) is 23.2 Å². The number of aromatic hydroxyl groups is 1. The Morgan fingerprint density at radius 3 is 2.80 bits per heavy atom. The van der Waals surface area contributed by atoms with Gasteiger partial charge in [-0.15, -0.1) is 0 Å². The fourth-order valence-electron chi connectivity index (χ4n) is 5.37. The van der Waals surface area contributed by atoms with E-state index in [0.717, 1.165) is 44.3 Å². The predicted octanol–water partition coefficient (Wildman–Crippen LogP) is 4.80. The van der Waals surface area contributed by atoms with Crippen LogP contribution in [0.2, 0.25) is 10.0 Å². The summed E-state index contributed by atoms with van der Waals surface area (Å²) in [5, 5.41) is 14.3. The van der Waals surface area contributed by atoms with Gasteiger partial charge >= 0.3 is 0 Å². The molecule has 0 radical (unpaired) electrons. The highest BCUT2D eigenvalue weighted by Crippen LogP contribution is 2.49. The molecule has 160 valence electrons. The number of likely N-dealkylation sites (tertiary alicyclic amines) is 1. The molecule has 1 amide bonds. The molecule has 2 N–H and O–H groups in total. The monoisotopic (exact) mass is 446 g/mol. The lowest BCUT2D eigenvalue weighted by molar-refractivity contribution is -0.121. The first-order chi connectivity index (χ1) is 14.4. The molecule has 0 spiro atoms. The Balaban J connectivity index is 1.50. The van der Waals surface area contributed by atoms with Crippen LogP contribution in [0.5, 0.6) is 5.75 Å². The zero-order valence-electron chi connectivity index (χ0n) is 17.2. The highest BCUT2D eigenvalue weighted by molar-refractivity contribution is 6.42. The van der Waals surface area contributed by atoms with Gasteiger partial charge in [0.2, 0.25) is 5.91 Å². The Labute approximate surface area is 188 Å². The summed E-state index contributed by atoms with van der Waals surface area (Å²) < 4.78 is 0. The van der Waals surface area contributed by atoms with Gasteiger partial charge < -0.3 is 15.3 Å². The minimum atomic E-state index is -0.00890. The molecule has 2 aromatic rings. The number of nitrogens with zero attached hydrogens (tertiary/aromatic N) is 1. The minimum absolute atomic E-state index is 0.00890. The number of hydrogen-bond donors (Lipinski definition) is 2. The van der Waals surface area contributed by atoms with Crippen molar-refractivity contribution in [1.29, 1.82) is 0 Å². The molecule has 6 heteroatoms. The Morgan fingerprint density at radius 1 is 1.20 bits per heavy atom. The Hall–Kier alpha value is -1.75. The molecule has 1 heterocycles. The molecular formula is C24H28Cl2N2O2. The first-order valence-corrected chi connectivity index (χ1v) is 11.3. The van der Waals surface area contributed by atoms with Crippen LogP contribution in [0.15, 0.2) is 42.5 Å². The summed E-state index contributed by atoms with van der Waals surface area (Å²) in [4.78, 5) is 15.1. The van der Waals surface area contributed by atoms with E-state index in [2.05, 4.69) is 23.3 Å². The highest BCUT2D eigenvalue weighted by atomic mass is 35.5. The number of nitrogens with one attached hydrogen (secondary N) is 1. The summed E-state index contributed by atoms with van der Waals surface area (Å²) in [5.41, 5.74) is 2.05. The van der Waals surface area contributed by atoms with Crippen molar-refractivity contribution < 1.29 is 9.90 Å². The van der Waals surface area contributed by atoms with Crippen LogP contribution in [0.4, 0.5) is 0 Å². The number of hydrogen-bond acceptors (Lipinski definition) is 3. The molecule has 1 saturated heterocycles. The van der Waals surface area contributed by atoms with E-state index in [-0.39, 0.29) is 17.4 Å². The van der Waals surface area contributed by atoms with Crippen molar-refractivity contribution in [2.75, 3.05) is 20.1 Å². The van der Waals surface area contributed by atoms with Gasteiger partial charge in [-0.3, -0.25) is 4.79 Å². The van der Waals surface area contributed by atoms with E-state index < -0.39 is 0 Å². The summed E-state index contributed by atoms with van der Waals surface area (Å²) in [7, 11) is 2.18. The lowest BCUT2D eigenvalue weighted by Gasteiger charge is -2.52. The van der Waals surface area contributed by atoms with Crippen molar-refractivity contribution in [3.8, 4) is 5.75 Å². The molecule has 0 unspecified atom stereocenters. The quantitative estimate of drug-likeness (QED) is 0.708. The average molecular weight is 447 g/mol. The second-order valence-electron chi connectivity index (χ2n) is 8.89. The molecular weight excluding hydrogens is 419 g/mol. The van der Waals surface area contributed by atoms with Gasteiger partial charge in [0.15, 0.2) is 0 Å². The van der Waals surface area contributed by atoms with E-state index in [0.29, 0.717) is 28.1 Å². The number of halogens is 2. The van der Waals surface area contributed by atoms with Crippen LogP contribution >= 0.6 is 23.2 Å². The number of rotatable bonds is 4. The maximum atomic E-state index is 12.7. The highest BCUT2D eigenvalue weighted by Gasteiger charge is 2.47. The van der Waals surface area contributed by atoms with Crippen LogP contribution in [0.25, 0.3) is 0 Å². The van der Waals surface area contributed by atoms with Gasteiger partial charge in [-0.25, -0.2) is 0 Å². The molecule has 1 aliphatic carbocycles. The van der Waals surface area contributed by atoms with Crippen molar-refractivity contribution in [1.82, 2.24) is 10.2 Å². The predicted molar refractivity (Wildman–Crippen MR) is 121 cm³/mol. The number of carbonyl (C=O) groups is 1. The standard InChI is InChI=1S/C24H28Cl2N2O2/c1-28-10-9-24(17-3-2-4-20(29)13-17)14-19(7-6-18(24)15-28)27-23(30)12-16-5-8-21(25)22(26)11-16/h2-5,8,11,13,18-19,29H,6-7,9-10,12,14-15H2,1H3,(H,27,30)/t18-,19+,24+/m1/s1. The summed E-state index contributed by atoms with van der Waals surface area (Å²) in [6.45, 7) is 2.08. The van der Waals surface area contributed by atoms with Gasteiger partial charge in [0, 0.05) is 18.0 Å². The molecule has 4 rings (SSSR count). The normalized spacial score (nSPS) is 26.8. The third-order valence-electron chi connectivity index (χ3n) is 6.86. The zero-order chi connectivity index (χ0) is 21.3. The molecule has 2 aliphatic rings. The lowest BCUT2D eigenvalue weighted by atomic mass is 9.58. The second-order valence-corrected chi connectivity index (χ2v) is 9.70.